The standard InChI is InChI=1S/C11H15N5S/c1-16-11-9(6-15-16)10(13-7-14-11)12-5-8-3-2-4-17-8/h6-8H,2-5H2,1H3,(H,12,13,14). The van der Waals surface area contributed by atoms with Crippen molar-refractivity contribution in [3.05, 3.63) is 12.5 Å². The fraction of sp³-hybridized carbons (Fsp3) is 0.545. The minimum atomic E-state index is 0.719. The zero-order valence-electron chi connectivity index (χ0n) is 9.76. The van der Waals surface area contributed by atoms with Gasteiger partial charge in [-0.05, 0) is 18.6 Å². The number of thioether (sulfide) groups is 1. The van der Waals surface area contributed by atoms with Crippen molar-refractivity contribution in [3.63, 3.8) is 0 Å². The van der Waals surface area contributed by atoms with Crippen LogP contribution in [0.5, 0.6) is 0 Å². The molecular weight excluding hydrogens is 234 g/mol. The van der Waals surface area contributed by atoms with Gasteiger partial charge < -0.3 is 5.32 Å². The molecular formula is C11H15N5S. The number of nitrogens with zero attached hydrogens (tertiary/aromatic N) is 4. The van der Waals surface area contributed by atoms with E-state index in [0.29, 0.717) is 0 Å². The van der Waals surface area contributed by atoms with Crippen molar-refractivity contribution in [2.24, 2.45) is 7.05 Å². The molecule has 0 amide bonds. The Balaban J connectivity index is 1.79. The van der Waals surface area contributed by atoms with E-state index in [2.05, 4.69) is 20.4 Å². The molecule has 1 unspecified atom stereocenters. The highest BCUT2D eigenvalue weighted by Crippen LogP contribution is 2.26. The summed E-state index contributed by atoms with van der Waals surface area (Å²) in [6.07, 6.45) is 6.05. The van der Waals surface area contributed by atoms with E-state index in [1.54, 1.807) is 11.0 Å². The molecule has 0 bridgehead atoms. The molecule has 17 heavy (non-hydrogen) atoms. The van der Waals surface area contributed by atoms with Crippen LogP contribution in [0.2, 0.25) is 0 Å². The van der Waals surface area contributed by atoms with Crippen LogP contribution in [0.3, 0.4) is 0 Å². The Kier molecular flexibility index (Phi) is 2.88. The third kappa shape index (κ3) is 2.09. The van der Waals surface area contributed by atoms with Gasteiger partial charge in [0.1, 0.15) is 12.1 Å². The van der Waals surface area contributed by atoms with Gasteiger partial charge in [-0.3, -0.25) is 4.68 Å². The SMILES string of the molecule is Cn1ncc2c(NCC3CCCS3)ncnc21. The van der Waals surface area contributed by atoms with E-state index in [9.17, 15) is 0 Å². The topological polar surface area (TPSA) is 55.6 Å². The van der Waals surface area contributed by atoms with Gasteiger partial charge in [0.05, 0.1) is 11.6 Å². The van der Waals surface area contributed by atoms with Crippen LogP contribution >= 0.6 is 11.8 Å². The molecule has 5 nitrogen and oxygen atoms in total. The Hall–Kier alpha value is -1.30. The van der Waals surface area contributed by atoms with E-state index in [0.717, 1.165) is 28.6 Å². The summed E-state index contributed by atoms with van der Waals surface area (Å²) in [6.45, 7) is 0.978. The van der Waals surface area contributed by atoms with Gasteiger partial charge in [0.2, 0.25) is 0 Å². The summed E-state index contributed by atoms with van der Waals surface area (Å²) in [7, 11) is 1.89. The van der Waals surface area contributed by atoms with Gasteiger partial charge >= 0.3 is 0 Å². The number of hydrogen-bond donors (Lipinski definition) is 1. The quantitative estimate of drug-likeness (QED) is 0.896. The van der Waals surface area contributed by atoms with E-state index in [4.69, 9.17) is 0 Å². The predicted octanol–water partition coefficient (Wildman–Crippen LogP) is 1.67. The van der Waals surface area contributed by atoms with Crippen LogP contribution in [0.15, 0.2) is 12.5 Å². The highest BCUT2D eigenvalue weighted by molar-refractivity contribution is 8.00. The Morgan fingerprint density at radius 1 is 1.53 bits per heavy atom. The number of anilines is 1. The maximum atomic E-state index is 4.30. The summed E-state index contributed by atoms with van der Waals surface area (Å²) in [4.78, 5) is 8.52. The molecule has 1 aliphatic rings. The maximum Gasteiger partial charge on any atom is 0.163 e. The van der Waals surface area contributed by atoms with E-state index >= 15 is 0 Å². The molecule has 0 aliphatic carbocycles. The van der Waals surface area contributed by atoms with Gasteiger partial charge in [0, 0.05) is 18.8 Å². The molecule has 1 N–H and O–H groups in total. The molecule has 0 aromatic carbocycles. The lowest BCUT2D eigenvalue weighted by Crippen LogP contribution is -2.14. The van der Waals surface area contributed by atoms with Crippen LogP contribution in [0.4, 0.5) is 5.82 Å². The van der Waals surface area contributed by atoms with Crippen molar-refractivity contribution in [2.45, 2.75) is 18.1 Å². The lowest BCUT2D eigenvalue weighted by Gasteiger charge is -2.10. The van der Waals surface area contributed by atoms with Gasteiger partial charge in [0.25, 0.3) is 0 Å². The predicted molar refractivity (Wildman–Crippen MR) is 70.3 cm³/mol. The number of aromatic nitrogens is 4. The van der Waals surface area contributed by atoms with Gasteiger partial charge in [0.15, 0.2) is 5.65 Å². The number of hydrogen-bond acceptors (Lipinski definition) is 5. The average Bonchev–Trinajstić information content (AvgIpc) is 2.97. The van der Waals surface area contributed by atoms with Crippen LogP contribution in [-0.2, 0) is 7.05 Å². The largest absolute Gasteiger partial charge is 0.368 e. The number of rotatable bonds is 3. The van der Waals surface area contributed by atoms with Crippen LogP contribution in [-0.4, -0.2) is 37.3 Å². The lowest BCUT2D eigenvalue weighted by molar-refractivity contribution is 0.785. The molecule has 3 heterocycles. The third-order valence-corrected chi connectivity index (χ3v) is 4.45. The third-order valence-electron chi connectivity index (χ3n) is 3.05. The molecule has 3 rings (SSSR count). The first kappa shape index (κ1) is 10.8. The van der Waals surface area contributed by atoms with Crippen LogP contribution in [0.25, 0.3) is 11.0 Å². The molecule has 1 saturated heterocycles. The van der Waals surface area contributed by atoms with Crippen LogP contribution in [0.1, 0.15) is 12.8 Å². The van der Waals surface area contributed by atoms with Crippen molar-refractivity contribution < 1.29 is 0 Å². The van der Waals surface area contributed by atoms with Gasteiger partial charge in [-0.1, -0.05) is 0 Å². The Morgan fingerprint density at radius 2 is 2.47 bits per heavy atom. The Labute approximate surface area is 104 Å². The first-order valence-corrected chi connectivity index (χ1v) is 6.87. The molecule has 0 radical (unpaired) electrons. The summed E-state index contributed by atoms with van der Waals surface area (Å²) >= 11 is 2.05. The molecule has 90 valence electrons. The second-order valence-electron chi connectivity index (χ2n) is 4.24. The Morgan fingerprint density at radius 3 is 3.29 bits per heavy atom. The summed E-state index contributed by atoms with van der Waals surface area (Å²) in [5, 5.41) is 9.34. The smallest absolute Gasteiger partial charge is 0.163 e. The highest BCUT2D eigenvalue weighted by atomic mass is 32.2. The normalized spacial score (nSPS) is 19.9. The van der Waals surface area contributed by atoms with Crippen LogP contribution in [0, 0.1) is 0 Å². The van der Waals surface area contributed by atoms with Crippen molar-refractivity contribution in [1.29, 1.82) is 0 Å². The van der Waals surface area contributed by atoms with Crippen molar-refractivity contribution >= 4 is 28.6 Å². The van der Waals surface area contributed by atoms with E-state index in [1.165, 1.54) is 18.6 Å². The summed E-state index contributed by atoms with van der Waals surface area (Å²) < 4.78 is 1.77. The fourth-order valence-corrected chi connectivity index (χ4v) is 3.32. The molecule has 0 spiro atoms. The van der Waals surface area contributed by atoms with Crippen LogP contribution < -0.4 is 5.32 Å². The molecule has 2 aromatic rings. The van der Waals surface area contributed by atoms with E-state index in [1.807, 2.05) is 25.0 Å². The highest BCUT2D eigenvalue weighted by Gasteiger charge is 2.16. The zero-order valence-corrected chi connectivity index (χ0v) is 10.6. The van der Waals surface area contributed by atoms with Gasteiger partial charge in [-0.2, -0.15) is 16.9 Å². The van der Waals surface area contributed by atoms with Gasteiger partial charge in [-0.15, -0.1) is 0 Å². The maximum absolute atomic E-state index is 4.30. The average molecular weight is 249 g/mol. The zero-order chi connectivity index (χ0) is 11.7. The molecule has 0 saturated carbocycles. The Bertz CT molecular complexity index is 518. The van der Waals surface area contributed by atoms with Crippen molar-refractivity contribution in [1.82, 2.24) is 19.7 Å². The van der Waals surface area contributed by atoms with Gasteiger partial charge in [-0.25, -0.2) is 9.97 Å². The monoisotopic (exact) mass is 249 g/mol. The summed E-state index contributed by atoms with van der Waals surface area (Å²) in [5.41, 5.74) is 0.876. The minimum Gasteiger partial charge on any atom is -0.368 e. The molecule has 1 aliphatic heterocycles. The second kappa shape index (κ2) is 4.52. The lowest BCUT2D eigenvalue weighted by atomic mass is 10.2. The van der Waals surface area contributed by atoms with Crippen molar-refractivity contribution in [3.8, 4) is 0 Å². The molecule has 1 atom stereocenters. The van der Waals surface area contributed by atoms with Crippen molar-refractivity contribution in [2.75, 3.05) is 17.6 Å². The first-order valence-electron chi connectivity index (χ1n) is 5.83. The number of nitrogens with one attached hydrogen (secondary N) is 1. The second-order valence-corrected chi connectivity index (χ2v) is 5.65. The fourth-order valence-electron chi connectivity index (χ4n) is 2.12. The molecule has 2 aromatic heterocycles. The summed E-state index contributed by atoms with van der Waals surface area (Å²) in [6, 6.07) is 0. The number of fused-ring (bicyclic) bond motifs is 1. The van der Waals surface area contributed by atoms with E-state index in [-0.39, 0.29) is 0 Å². The molecule has 6 heteroatoms. The van der Waals surface area contributed by atoms with E-state index < -0.39 is 0 Å². The summed E-state index contributed by atoms with van der Waals surface area (Å²) in [5.74, 6) is 2.19. The first-order chi connectivity index (χ1) is 8.34. The minimum absolute atomic E-state index is 0.719. The molecule has 1 fully saturated rings. The number of aryl methyl sites for hydroxylation is 1.